The zero-order chi connectivity index (χ0) is 13.4. The van der Waals surface area contributed by atoms with E-state index in [0.717, 1.165) is 5.52 Å². The minimum absolute atomic E-state index is 0.267. The van der Waals surface area contributed by atoms with E-state index in [9.17, 15) is 4.79 Å². The first-order chi connectivity index (χ1) is 9.13. The number of nitrogens with one attached hydrogen (secondary N) is 2. The number of carbonyl (C=O) groups is 1. The number of carbonyl (C=O) groups excluding carboxylic acids is 1. The van der Waals surface area contributed by atoms with E-state index in [-0.39, 0.29) is 11.6 Å². The third kappa shape index (κ3) is 2.01. The molecule has 19 heavy (non-hydrogen) atoms. The number of aromatic amines is 1. The maximum atomic E-state index is 12.1. The first-order valence-electron chi connectivity index (χ1n) is 5.62. The van der Waals surface area contributed by atoms with Crippen LogP contribution in [0.15, 0.2) is 28.8 Å². The molecular formula is C12H11N5O2. The molecule has 0 spiro atoms. The summed E-state index contributed by atoms with van der Waals surface area (Å²) in [6.45, 7) is 1.74. The summed E-state index contributed by atoms with van der Waals surface area (Å²) in [6, 6.07) is 6.83. The Morgan fingerprint density at radius 2 is 2.26 bits per heavy atom. The van der Waals surface area contributed by atoms with Crippen LogP contribution in [0.25, 0.3) is 10.9 Å². The van der Waals surface area contributed by atoms with Gasteiger partial charge in [0.1, 0.15) is 5.76 Å². The van der Waals surface area contributed by atoms with Crippen LogP contribution in [0.5, 0.6) is 0 Å². The van der Waals surface area contributed by atoms with Crippen molar-refractivity contribution in [3.8, 4) is 0 Å². The van der Waals surface area contributed by atoms with Crippen LogP contribution in [0, 0.1) is 6.92 Å². The van der Waals surface area contributed by atoms with E-state index in [4.69, 9.17) is 10.3 Å². The molecule has 3 rings (SSSR count). The fraction of sp³-hybridized carbons (Fsp3) is 0.0833. The van der Waals surface area contributed by atoms with Crippen molar-refractivity contribution in [2.75, 3.05) is 11.1 Å². The molecular weight excluding hydrogens is 246 g/mol. The summed E-state index contributed by atoms with van der Waals surface area (Å²) >= 11 is 0. The van der Waals surface area contributed by atoms with Gasteiger partial charge in [0.15, 0.2) is 11.5 Å². The summed E-state index contributed by atoms with van der Waals surface area (Å²) < 4.78 is 4.88. The van der Waals surface area contributed by atoms with Crippen molar-refractivity contribution in [2.45, 2.75) is 6.92 Å². The van der Waals surface area contributed by atoms with Gasteiger partial charge in [0, 0.05) is 17.1 Å². The van der Waals surface area contributed by atoms with E-state index in [1.165, 1.54) is 0 Å². The fourth-order valence-electron chi connectivity index (χ4n) is 1.81. The molecule has 2 aromatic heterocycles. The first kappa shape index (κ1) is 11.3. The summed E-state index contributed by atoms with van der Waals surface area (Å²) in [5.41, 5.74) is 7.29. The minimum atomic E-state index is -0.370. The Morgan fingerprint density at radius 3 is 3.00 bits per heavy atom. The Hall–Kier alpha value is -2.83. The number of fused-ring (bicyclic) bond motifs is 1. The molecule has 96 valence electrons. The van der Waals surface area contributed by atoms with Crippen molar-refractivity contribution in [1.82, 2.24) is 15.4 Å². The second kappa shape index (κ2) is 4.13. The second-order valence-corrected chi connectivity index (χ2v) is 4.15. The van der Waals surface area contributed by atoms with Gasteiger partial charge in [0.05, 0.1) is 5.52 Å². The minimum Gasteiger partial charge on any atom is -0.399 e. The number of amides is 1. The van der Waals surface area contributed by atoms with Gasteiger partial charge in [-0.15, -0.1) is 0 Å². The standard InChI is InChI=1S/C12H11N5O2/c1-6-4-10(17-19-6)14-12(18)11-8-5-7(13)2-3-9(8)15-16-11/h2-5H,13H2,1H3,(H,15,16)(H,14,17,18). The quantitative estimate of drug-likeness (QED) is 0.605. The van der Waals surface area contributed by atoms with Crippen LogP contribution >= 0.6 is 0 Å². The zero-order valence-corrected chi connectivity index (χ0v) is 10.1. The smallest absolute Gasteiger partial charge is 0.278 e. The van der Waals surface area contributed by atoms with Crippen LogP contribution in [-0.4, -0.2) is 21.3 Å². The van der Waals surface area contributed by atoms with E-state index in [1.807, 2.05) is 0 Å². The molecule has 1 amide bonds. The predicted molar refractivity (Wildman–Crippen MR) is 69.7 cm³/mol. The lowest BCUT2D eigenvalue weighted by atomic mass is 10.2. The molecule has 2 heterocycles. The van der Waals surface area contributed by atoms with Crippen LogP contribution in [-0.2, 0) is 0 Å². The van der Waals surface area contributed by atoms with Crippen molar-refractivity contribution in [3.63, 3.8) is 0 Å². The molecule has 0 fully saturated rings. The number of H-pyrrole nitrogens is 1. The lowest BCUT2D eigenvalue weighted by Gasteiger charge is -1.98. The number of hydrogen-bond acceptors (Lipinski definition) is 5. The Bertz CT molecular complexity index is 758. The molecule has 3 aromatic rings. The highest BCUT2D eigenvalue weighted by molar-refractivity contribution is 6.11. The number of aryl methyl sites for hydroxylation is 1. The van der Waals surface area contributed by atoms with E-state index < -0.39 is 0 Å². The number of nitrogen functional groups attached to an aromatic ring is 1. The van der Waals surface area contributed by atoms with Gasteiger partial charge < -0.3 is 15.6 Å². The number of hydrogen-bond donors (Lipinski definition) is 3. The third-order valence-electron chi connectivity index (χ3n) is 2.67. The number of nitrogens with zero attached hydrogens (tertiary/aromatic N) is 2. The van der Waals surface area contributed by atoms with Gasteiger partial charge in [-0.2, -0.15) is 5.10 Å². The normalized spacial score (nSPS) is 10.8. The monoisotopic (exact) mass is 257 g/mol. The number of benzene rings is 1. The molecule has 0 unspecified atom stereocenters. The lowest BCUT2D eigenvalue weighted by Crippen LogP contribution is -2.13. The maximum Gasteiger partial charge on any atom is 0.278 e. The topological polar surface area (TPSA) is 110 Å². The van der Waals surface area contributed by atoms with Crippen LogP contribution in [0.1, 0.15) is 16.2 Å². The average Bonchev–Trinajstić information content (AvgIpc) is 2.95. The number of anilines is 2. The molecule has 0 saturated carbocycles. The fourth-order valence-corrected chi connectivity index (χ4v) is 1.81. The van der Waals surface area contributed by atoms with E-state index in [1.54, 1.807) is 31.2 Å². The predicted octanol–water partition coefficient (Wildman–Crippen LogP) is 1.69. The summed E-state index contributed by atoms with van der Waals surface area (Å²) in [5.74, 6) is 0.596. The summed E-state index contributed by atoms with van der Waals surface area (Å²) in [5, 5.41) is 13.7. The summed E-state index contributed by atoms with van der Waals surface area (Å²) in [7, 11) is 0. The Balaban J connectivity index is 1.95. The molecule has 4 N–H and O–H groups in total. The van der Waals surface area contributed by atoms with Crippen LogP contribution in [0.4, 0.5) is 11.5 Å². The third-order valence-corrected chi connectivity index (χ3v) is 2.67. The first-order valence-corrected chi connectivity index (χ1v) is 5.62. The van der Waals surface area contributed by atoms with Crippen molar-refractivity contribution < 1.29 is 9.32 Å². The van der Waals surface area contributed by atoms with Crippen molar-refractivity contribution in [1.29, 1.82) is 0 Å². The Morgan fingerprint density at radius 1 is 1.42 bits per heavy atom. The average molecular weight is 257 g/mol. The van der Waals surface area contributed by atoms with Gasteiger partial charge in [0.25, 0.3) is 5.91 Å². The number of aromatic nitrogens is 3. The lowest BCUT2D eigenvalue weighted by molar-refractivity contribution is 0.102. The van der Waals surface area contributed by atoms with E-state index in [0.29, 0.717) is 22.7 Å². The zero-order valence-electron chi connectivity index (χ0n) is 10.1. The molecule has 1 aromatic carbocycles. The highest BCUT2D eigenvalue weighted by Crippen LogP contribution is 2.20. The molecule has 7 nitrogen and oxygen atoms in total. The molecule has 0 radical (unpaired) electrons. The molecule has 0 aliphatic carbocycles. The van der Waals surface area contributed by atoms with Crippen molar-refractivity contribution in [2.24, 2.45) is 0 Å². The van der Waals surface area contributed by atoms with Crippen molar-refractivity contribution in [3.05, 3.63) is 35.7 Å². The van der Waals surface area contributed by atoms with E-state index in [2.05, 4.69) is 20.7 Å². The Labute approximate surface area is 107 Å². The Kier molecular flexibility index (Phi) is 2.45. The molecule has 0 saturated heterocycles. The van der Waals surface area contributed by atoms with Crippen LogP contribution in [0.2, 0.25) is 0 Å². The van der Waals surface area contributed by atoms with Gasteiger partial charge in [-0.3, -0.25) is 9.89 Å². The molecule has 0 aliphatic rings. The van der Waals surface area contributed by atoms with Crippen LogP contribution < -0.4 is 11.1 Å². The SMILES string of the molecule is Cc1cc(NC(=O)c2n[nH]c3ccc(N)cc23)no1. The van der Waals surface area contributed by atoms with Gasteiger partial charge >= 0.3 is 0 Å². The highest BCUT2D eigenvalue weighted by Gasteiger charge is 2.15. The van der Waals surface area contributed by atoms with Crippen LogP contribution in [0.3, 0.4) is 0 Å². The van der Waals surface area contributed by atoms with Gasteiger partial charge in [-0.25, -0.2) is 0 Å². The number of nitrogens with two attached hydrogens (primary N) is 1. The molecule has 0 aliphatic heterocycles. The van der Waals surface area contributed by atoms with Gasteiger partial charge in [-0.1, -0.05) is 5.16 Å². The number of rotatable bonds is 2. The van der Waals surface area contributed by atoms with Crippen molar-refractivity contribution >= 4 is 28.3 Å². The molecule has 0 bridgehead atoms. The summed E-state index contributed by atoms with van der Waals surface area (Å²) in [6.07, 6.45) is 0. The second-order valence-electron chi connectivity index (χ2n) is 4.15. The van der Waals surface area contributed by atoms with Gasteiger partial charge in [-0.05, 0) is 25.1 Å². The van der Waals surface area contributed by atoms with E-state index >= 15 is 0 Å². The summed E-state index contributed by atoms with van der Waals surface area (Å²) in [4.78, 5) is 12.1. The highest BCUT2D eigenvalue weighted by atomic mass is 16.5. The molecule has 7 heteroatoms. The van der Waals surface area contributed by atoms with Gasteiger partial charge in [0.2, 0.25) is 0 Å². The maximum absolute atomic E-state index is 12.1. The largest absolute Gasteiger partial charge is 0.399 e. The molecule has 0 atom stereocenters.